The van der Waals surface area contributed by atoms with Gasteiger partial charge in [-0.3, -0.25) is 0 Å². The maximum atomic E-state index is 5.16. The van der Waals surface area contributed by atoms with E-state index in [1.54, 1.807) is 7.11 Å². The summed E-state index contributed by atoms with van der Waals surface area (Å²) in [6.45, 7) is 10.2. The van der Waals surface area contributed by atoms with Crippen LogP contribution in [0.5, 0.6) is 0 Å². The summed E-state index contributed by atoms with van der Waals surface area (Å²) < 4.78 is 5.16. The Morgan fingerprint density at radius 1 is 1.18 bits per heavy atom. The van der Waals surface area contributed by atoms with E-state index in [2.05, 4.69) is 26.1 Å². The first-order valence-electron chi connectivity index (χ1n) is 7.23. The van der Waals surface area contributed by atoms with Crippen LogP contribution in [-0.2, 0) is 4.74 Å². The molecule has 0 aromatic rings. The molecule has 0 bridgehead atoms. The molecule has 1 fully saturated rings. The first-order valence-corrected chi connectivity index (χ1v) is 7.23. The Morgan fingerprint density at radius 2 is 1.82 bits per heavy atom. The predicted molar refractivity (Wildman–Crippen MR) is 74.3 cm³/mol. The molecule has 17 heavy (non-hydrogen) atoms. The number of nitrogens with one attached hydrogen (secondary N) is 1. The van der Waals surface area contributed by atoms with Crippen LogP contribution < -0.4 is 5.32 Å². The molecule has 102 valence electrons. The first-order chi connectivity index (χ1) is 8.03. The second-order valence-corrected chi connectivity index (χ2v) is 6.66. The third kappa shape index (κ3) is 6.42. The van der Waals surface area contributed by atoms with Crippen molar-refractivity contribution in [3.05, 3.63) is 0 Å². The molecule has 0 aliphatic heterocycles. The summed E-state index contributed by atoms with van der Waals surface area (Å²) >= 11 is 0. The average molecular weight is 241 g/mol. The molecule has 2 heteroatoms. The van der Waals surface area contributed by atoms with Crippen LogP contribution in [0.4, 0.5) is 0 Å². The fraction of sp³-hybridized carbons (Fsp3) is 1.00. The Bertz CT molecular complexity index is 195. The number of hydrogen-bond acceptors (Lipinski definition) is 2. The van der Waals surface area contributed by atoms with E-state index < -0.39 is 0 Å². The molecule has 1 rings (SSSR count). The van der Waals surface area contributed by atoms with Crippen molar-refractivity contribution >= 4 is 0 Å². The van der Waals surface area contributed by atoms with Gasteiger partial charge >= 0.3 is 0 Å². The third-order valence-electron chi connectivity index (χ3n) is 4.15. The number of rotatable bonds is 7. The molecule has 0 atom stereocenters. The van der Waals surface area contributed by atoms with E-state index in [9.17, 15) is 0 Å². The standard InChI is InChI=1S/C15H31NO/c1-13-5-7-14(8-6-13)11-16-12-15(2,3)9-10-17-4/h13-14,16H,5-12H2,1-4H3. The van der Waals surface area contributed by atoms with Gasteiger partial charge in [0.05, 0.1) is 0 Å². The van der Waals surface area contributed by atoms with Crippen LogP contribution in [0.25, 0.3) is 0 Å². The summed E-state index contributed by atoms with van der Waals surface area (Å²) in [5.74, 6) is 1.88. The molecule has 1 saturated carbocycles. The van der Waals surface area contributed by atoms with Crippen LogP contribution >= 0.6 is 0 Å². The van der Waals surface area contributed by atoms with Gasteiger partial charge in [-0.15, -0.1) is 0 Å². The Balaban J connectivity index is 2.10. The smallest absolute Gasteiger partial charge is 0.0467 e. The minimum atomic E-state index is 0.359. The van der Waals surface area contributed by atoms with Gasteiger partial charge in [0.1, 0.15) is 0 Å². The number of hydrogen-bond donors (Lipinski definition) is 1. The van der Waals surface area contributed by atoms with E-state index in [4.69, 9.17) is 4.74 Å². The molecule has 0 aromatic heterocycles. The molecule has 0 heterocycles. The SMILES string of the molecule is COCCC(C)(C)CNCC1CCC(C)CC1. The second kappa shape index (κ2) is 7.38. The van der Waals surface area contributed by atoms with Crippen molar-refractivity contribution in [1.29, 1.82) is 0 Å². The van der Waals surface area contributed by atoms with Gasteiger partial charge in [0.15, 0.2) is 0 Å². The number of methoxy groups -OCH3 is 1. The van der Waals surface area contributed by atoms with Crippen LogP contribution in [0.2, 0.25) is 0 Å². The van der Waals surface area contributed by atoms with Crippen molar-refractivity contribution in [2.75, 3.05) is 26.8 Å². The Hall–Kier alpha value is -0.0800. The van der Waals surface area contributed by atoms with Crippen molar-refractivity contribution in [3.63, 3.8) is 0 Å². The van der Waals surface area contributed by atoms with Gasteiger partial charge in [-0.2, -0.15) is 0 Å². The van der Waals surface area contributed by atoms with Gasteiger partial charge < -0.3 is 10.1 Å². The lowest BCUT2D eigenvalue weighted by atomic mass is 9.82. The lowest BCUT2D eigenvalue weighted by Crippen LogP contribution is -2.34. The second-order valence-electron chi connectivity index (χ2n) is 6.66. The highest BCUT2D eigenvalue weighted by Crippen LogP contribution is 2.28. The van der Waals surface area contributed by atoms with Crippen molar-refractivity contribution < 1.29 is 4.74 Å². The summed E-state index contributed by atoms with van der Waals surface area (Å²) in [6.07, 6.45) is 6.84. The fourth-order valence-electron chi connectivity index (χ4n) is 2.61. The van der Waals surface area contributed by atoms with Gasteiger partial charge in [-0.05, 0) is 43.1 Å². The molecule has 0 spiro atoms. The Labute approximate surface area is 108 Å². The Kier molecular flexibility index (Phi) is 6.50. The predicted octanol–water partition coefficient (Wildman–Crippen LogP) is 3.47. The molecular weight excluding hydrogens is 210 g/mol. The summed E-state index contributed by atoms with van der Waals surface area (Å²) in [5.41, 5.74) is 0.359. The van der Waals surface area contributed by atoms with Crippen LogP contribution in [-0.4, -0.2) is 26.8 Å². The van der Waals surface area contributed by atoms with E-state index in [0.717, 1.165) is 31.4 Å². The summed E-state index contributed by atoms with van der Waals surface area (Å²) in [7, 11) is 1.78. The summed E-state index contributed by atoms with van der Waals surface area (Å²) in [4.78, 5) is 0. The highest BCUT2D eigenvalue weighted by atomic mass is 16.5. The Morgan fingerprint density at radius 3 is 2.41 bits per heavy atom. The van der Waals surface area contributed by atoms with Crippen LogP contribution in [0.3, 0.4) is 0 Å². The van der Waals surface area contributed by atoms with E-state index in [1.165, 1.54) is 32.2 Å². The highest BCUT2D eigenvalue weighted by Gasteiger charge is 2.20. The van der Waals surface area contributed by atoms with E-state index in [-0.39, 0.29) is 0 Å². The quantitative estimate of drug-likeness (QED) is 0.737. The van der Waals surface area contributed by atoms with Crippen LogP contribution in [0, 0.1) is 17.3 Å². The minimum absolute atomic E-state index is 0.359. The minimum Gasteiger partial charge on any atom is -0.385 e. The summed E-state index contributed by atoms with van der Waals surface area (Å²) in [5, 5.41) is 3.66. The monoisotopic (exact) mass is 241 g/mol. The molecular formula is C15H31NO. The normalized spacial score (nSPS) is 26.1. The van der Waals surface area contributed by atoms with Crippen molar-refractivity contribution in [1.82, 2.24) is 5.32 Å². The summed E-state index contributed by atoms with van der Waals surface area (Å²) in [6, 6.07) is 0. The molecule has 2 nitrogen and oxygen atoms in total. The average Bonchev–Trinajstić information content (AvgIpc) is 2.29. The largest absolute Gasteiger partial charge is 0.385 e. The maximum absolute atomic E-state index is 5.16. The van der Waals surface area contributed by atoms with Gasteiger partial charge in [0, 0.05) is 20.3 Å². The van der Waals surface area contributed by atoms with Crippen LogP contribution in [0.1, 0.15) is 52.9 Å². The van der Waals surface area contributed by atoms with Crippen LogP contribution in [0.15, 0.2) is 0 Å². The third-order valence-corrected chi connectivity index (χ3v) is 4.15. The van der Waals surface area contributed by atoms with Gasteiger partial charge in [0.2, 0.25) is 0 Å². The van der Waals surface area contributed by atoms with Crippen molar-refractivity contribution in [2.24, 2.45) is 17.3 Å². The number of ether oxygens (including phenoxy) is 1. The molecule has 0 aromatic carbocycles. The molecule has 1 aliphatic carbocycles. The van der Waals surface area contributed by atoms with Gasteiger partial charge in [-0.1, -0.05) is 33.6 Å². The molecule has 0 saturated heterocycles. The fourth-order valence-corrected chi connectivity index (χ4v) is 2.61. The topological polar surface area (TPSA) is 21.3 Å². The van der Waals surface area contributed by atoms with Crippen molar-refractivity contribution in [3.8, 4) is 0 Å². The zero-order valence-corrected chi connectivity index (χ0v) is 12.2. The molecule has 1 aliphatic rings. The van der Waals surface area contributed by atoms with Gasteiger partial charge in [0.25, 0.3) is 0 Å². The molecule has 1 N–H and O–H groups in total. The zero-order chi connectivity index (χ0) is 12.7. The highest BCUT2D eigenvalue weighted by molar-refractivity contribution is 4.75. The molecule has 0 unspecified atom stereocenters. The zero-order valence-electron chi connectivity index (χ0n) is 12.2. The van der Waals surface area contributed by atoms with Gasteiger partial charge in [-0.25, -0.2) is 0 Å². The molecule has 0 radical (unpaired) electrons. The molecule has 0 amide bonds. The lowest BCUT2D eigenvalue weighted by molar-refractivity contribution is 0.149. The van der Waals surface area contributed by atoms with E-state index in [1.807, 2.05) is 0 Å². The van der Waals surface area contributed by atoms with Crippen molar-refractivity contribution in [2.45, 2.75) is 52.9 Å². The lowest BCUT2D eigenvalue weighted by Gasteiger charge is -2.29. The first kappa shape index (κ1) is 15.0. The van der Waals surface area contributed by atoms with E-state index in [0.29, 0.717) is 5.41 Å². The van der Waals surface area contributed by atoms with E-state index >= 15 is 0 Å². The maximum Gasteiger partial charge on any atom is 0.0467 e.